The Bertz CT molecular complexity index is 1150. The van der Waals surface area contributed by atoms with Crippen molar-refractivity contribution in [3.05, 3.63) is 107 Å². The third kappa shape index (κ3) is 5.86. The molecule has 1 aliphatic rings. The van der Waals surface area contributed by atoms with E-state index in [1.54, 1.807) is 29.2 Å². The van der Waals surface area contributed by atoms with Gasteiger partial charge in [-0.2, -0.15) is 0 Å². The van der Waals surface area contributed by atoms with E-state index in [1.807, 2.05) is 0 Å². The van der Waals surface area contributed by atoms with Crippen molar-refractivity contribution in [3.8, 4) is 0 Å². The van der Waals surface area contributed by atoms with Crippen molar-refractivity contribution in [2.45, 2.75) is 6.04 Å². The highest BCUT2D eigenvalue weighted by Gasteiger charge is 2.28. The predicted molar refractivity (Wildman–Crippen MR) is 121 cm³/mol. The van der Waals surface area contributed by atoms with Crippen LogP contribution < -0.4 is 5.32 Å². The second kappa shape index (κ2) is 10.7. The third-order valence-corrected chi connectivity index (χ3v) is 5.98. The SMILES string of the molecule is O=C(NCC(=O)N1CCN(C(c2ccc(F)cc2)c2ccc(F)cc2)CC1)c1ccc(F)cc1F. The first-order valence-corrected chi connectivity index (χ1v) is 11.1. The summed E-state index contributed by atoms with van der Waals surface area (Å²) in [6.07, 6.45) is 0. The van der Waals surface area contributed by atoms with Gasteiger partial charge in [0.05, 0.1) is 18.2 Å². The Morgan fingerprint density at radius 1 is 0.743 bits per heavy atom. The van der Waals surface area contributed by atoms with Crippen LogP contribution in [0, 0.1) is 23.3 Å². The Morgan fingerprint density at radius 2 is 1.26 bits per heavy atom. The molecule has 0 aromatic heterocycles. The van der Waals surface area contributed by atoms with Gasteiger partial charge in [-0.15, -0.1) is 0 Å². The predicted octanol–water partition coefficient (Wildman–Crippen LogP) is 3.91. The second-order valence-electron chi connectivity index (χ2n) is 8.23. The first kappa shape index (κ1) is 24.4. The summed E-state index contributed by atoms with van der Waals surface area (Å²) in [5.74, 6) is -3.65. The minimum Gasteiger partial charge on any atom is -0.343 e. The number of rotatable bonds is 6. The van der Waals surface area contributed by atoms with Gasteiger partial charge in [0, 0.05) is 32.2 Å². The van der Waals surface area contributed by atoms with E-state index in [4.69, 9.17) is 0 Å². The summed E-state index contributed by atoms with van der Waals surface area (Å²) in [5, 5.41) is 2.38. The topological polar surface area (TPSA) is 52.7 Å². The zero-order valence-corrected chi connectivity index (χ0v) is 18.7. The molecule has 9 heteroatoms. The molecule has 2 amide bonds. The molecule has 1 fully saturated rings. The van der Waals surface area contributed by atoms with Crippen molar-refractivity contribution >= 4 is 11.8 Å². The van der Waals surface area contributed by atoms with Crippen molar-refractivity contribution in [2.24, 2.45) is 0 Å². The van der Waals surface area contributed by atoms with Crippen LogP contribution in [0.4, 0.5) is 17.6 Å². The van der Waals surface area contributed by atoms with Crippen molar-refractivity contribution in [3.63, 3.8) is 0 Å². The van der Waals surface area contributed by atoms with Crippen LogP contribution >= 0.6 is 0 Å². The van der Waals surface area contributed by atoms with Gasteiger partial charge >= 0.3 is 0 Å². The molecule has 0 bridgehead atoms. The summed E-state index contributed by atoms with van der Waals surface area (Å²) in [5.41, 5.74) is 1.34. The molecule has 1 saturated heterocycles. The molecule has 0 saturated carbocycles. The minimum absolute atomic E-state index is 0.255. The van der Waals surface area contributed by atoms with E-state index < -0.39 is 17.5 Å². The largest absolute Gasteiger partial charge is 0.343 e. The van der Waals surface area contributed by atoms with Crippen molar-refractivity contribution < 1.29 is 27.2 Å². The number of carbonyl (C=O) groups excluding carboxylic acids is 2. The first-order valence-electron chi connectivity index (χ1n) is 11.1. The molecule has 0 aliphatic carbocycles. The van der Waals surface area contributed by atoms with E-state index in [1.165, 1.54) is 24.3 Å². The molecule has 4 rings (SSSR count). The highest BCUT2D eigenvalue weighted by atomic mass is 19.1. The highest BCUT2D eigenvalue weighted by molar-refractivity contribution is 5.96. The lowest BCUT2D eigenvalue weighted by atomic mass is 9.96. The quantitative estimate of drug-likeness (QED) is 0.539. The molecule has 5 nitrogen and oxygen atoms in total. The zero-order chi connectivity index (χ0) is 24.9. The fraction of sp³-hybridized carbons (Fsp3) is 0.231. The summed E-state index contributed by atoms with van der Waals surface area (Å²) >= 11 is 0. The number of benzene rings is 3. The Kier molecular flexibility index (Phi) is 7.45. The van der Waals surface area contributed by atoms with E-state index in [9.17, 15) is 27.2 Å². The third-order valence-electron chi connectivity index (χ3n) is 5.98. The number of nitrogens with one attached hydrogen (secondary N) is 1. The van der Waals surface area contributed by atoms with Crippen LogP contribution in [0.3, 0.4) is 0 Å². The standard InChI is InChI=1S/C26H23F4N3O2/c27-19-5-1-17(2-6-19)25(18-3-7-20(28)8-4-18)33-13-11-32(12-14-33)24(34)16-31-26(35)22-10-9-21(29)15-23(22)30/h1-10,15,25H,11-14,16H2,(H,31,35). The summed E-state index contributed by atoms with van der Waals surface area (Å²) < 4.78 is 53.8. The van der Waals surface area contributed by atoms with Gasteiger partial charge in [0.2, 0.25) is 5.91 Å². The Labute approximate surface area is 200 Å². The monoisotopic (exact) mass is 485 g/mol. The van der Waals surface area contributed by atoms with E-state index in [0.717, 1.165) is 23.3 Å². The molecule has 1 N–H and O–H groups in total. The van der Waals surface area contributed by atoms with Gasteiger partial charge in [-0.25, -0.2) is 17.6 Å². The average molecular weight is 485 g/mol. The van der Waals surface area contributed by atoms with Gasteiger partial charge in [-0.1, -0.05) is 24.3 Å². The summed E-state index contributed by atoms with van der Waals surface area (Å²) in [6, 6.07) is 14.6. The molecule has 35 heavy (non-hydrogen) atoms. The number of hydrogen-bond donors (Lipinski definition) is 1. The summed E-state index contributed by atoms with van der Waals surface area (Å²) in [7, 11) is 0. The van der Waals surface area contributed by atoms with Crippen LogP contribution in [0.15, 0.2) is 66.7 Å². The summed E-state index contributed by atoms with van der Waals surface area (Å²) in [6.45, 7) is 1.41. The van der Waals surface area contributed by atoms with E-state index in [2.05, 4.69) is 10.2 Å². The van der Waals surface area contributed by atoms with Gasteiger partial charge in [-0.3, -0.25) is 14.5 Å². The van der Waals surface area contributed by atoms with Crippen molar-refractivity contribution in [1.29, 1.82) is 0 Å². The zero-order valence-electron chi connectivity index (χ0n) is 18.7. The number of hydrogen-bond acceptors (Lipinski definition) is 3. The molecule has 0 spiro atoms. The average Bonchev–Trinajstić information content (AvgIpc) is 2.85. The maximum Gasteiger partial charge on any atom is 0.254 e. The van der Waals surface area contributed by atoms with Crippen LogP contribution in [-0.2, 0) is 4.79 Å². The Balaban J connectivity index is 1.39. The van der Waals surface area contributed by atoms with Gasteiger partial charge < -0.3 is 10.2 Å². The van der Waals surface area contributed by atoms with Crippen LogP contribution in [-0.4, -0.2) is 54.3 Å². The lowest BCUT2D eigenvalue weighted by Gasteiger charge is -2.39. The van der Waals surface area contributed by atoms with Crippen LogP contribution in [0.25, 0.3) is 0 Å². The van der Waals surface area contributed by atoms with E-state index >= 15 is 0 Å². The van der Waals surface area contributed by atoms with Gasteiger partial charge in [0.1, 0.15) is 23.3 Å². The molecular formula is C26H23F4N3O2. The molecule has 3 aromatic rings. The number of halogens is 4. The number of amides is 2. The summed E-state index contributed by atoms with van der Waals surface area (Å²) in [4.78, 5) is 28.5. The molecule has 182 valence electrons. The fourth-order valence-corrected chi connectivity index (χ4v) is 4.17. The molecule has 0 radical (unpaired) electrons. The number of nitrogens with zero attached hydrogens (tertiary/aromatic N) is 2. The normalized spacial score (nSPS) is 14.3. The van der Waals surface area contributed by atoms with E-state index in [0.29, 0.717) is 32.2 Å². The van der Waals surface area contributed by atoms with Crippen LogP contribution in [0.1, 0.15) is 27.5 Å². The number of carbonyl (C=O) groups is 2. The lowest BCUT2D eigenvalue weighted by Crippen LogP contribution is -2.52. The molecular weight excluding hydrogens is 462 g/mol. The molecule has 1 heterocycles. The van der Waals surface area contributed by atoms with Gasteiger partial charge in [0.25, 0.3) is 5.91 Å². The van der Waals surface area contributed by atoms with Gasteiger partial charge in [0.15, 0.2) is 0 Å². The van der Waals surface area contributed by atoms with Crippen molar-refractivity contribution in [1.82, 2.24) is 15.1 Å². The second-order valence-corrected chi connectivity index (χ2v) is 8.23. The van der Waals surface area contributed by atoms with Crippen molar-refractivity contribution in [2.75, 3.05) is 32.7 Å². The molecule has 3 aromatic carbocycles. The van der Waals surface area contributed by atoms with Gasteiger partial charge in [-0.05, 0) is 47.5 Å². The minimum atomic E-state index is -1.00. The molecule has 1 aliphatic heterocycles. The Hall–Kier alpha value is -3.72. The highest BCUT2D eigenvalue weighted by Crippen LogP contribution is 2.30. The van der Waals surface area contributed by atoms with Crippen LogP contribution in [0.5, 0.6) is 0 Å². The Morgan fingerprint density at radius 3 is 1.77 bits per heavy atom. The molecule has 0 atom stereocenters. The van der Waals surface area contributed by atoms with E-state index in [-0.39, 0.29) is 35.7 Å². The smallest absolute Gasteiger partial charge is 0.254 e. The van der Waals surface area contributed by atoms with Crippen LogP contribution in [0.2, 0.25) is 0 Å². The lowest BCUT2D eigenvalue weighted by molar-refractivity contribution is -0.132. The maximum absolute atomic E-state index is 13.8. The number of piperazine rings is 1. The molecule has 0 unspecified atom stereocenters. The maximum atomic E-state index is 13.8. The first-order chi connectivity index (χ1) is 16.8. The fourth-order valence-electron chi connectivity index (χ4n) is 4.17.